The molecule has 0 spiro atoms. The van der Waals surface area contributed by atoms with Crippen LogP contribution in [0.15, 0.2) is 9.98 Å². The molecule has 0 N–H and O–H groups in total. The van der Waals surface area contributed by atoms with Gasteiger partial charge in [-0.25, -0.2) is 0 Å². The van der Waals surface area contributed by atoms with Crippen molar-refractivity contribution in [3.05, 3.63) is 6.17 Å². The molecule has 0 bridgehead atoms. The van der Waals surface area contributed by atoms with E-state index in [2.05, 4.69) is 23.8 Å². The van der Waals surface area contributed by atoms with Crippen LogP contribution in [-0.2, 0) is 0 Å². The quantitative estimate of drug-likeness (QED) is 0.0774. The van der Waals surface area contributed by atoms with Gasteiger partial charge in [-0.2, -0.15) is 0 Å². The third kappa shape index (κ3) is 22.2. The van der Waals surface area contributed by atoms with Crippen molar-refractivity contribution >= 4 is 12.4 Å². The van der Waals surface area contributed by atoms with Crippen LogP contribution in [0.5, 0.6) is 0 Å². The second-order valence-electron chi connectivity index (χ2n) is 11.4. The van der Waals surface area contributed by atoms with Crippen molar-refractivity contribution in [3.8, 4) is 0 Å². The molecule has 1 aliphatic heterocycles. The summed E-state index contributed by atoms with van der Waals surface area (Å²) in [6.45, 7) is 4.62. The number of hydrogen-bond acceptors (Lipinski definition) is 2. The molecule has 0 aromatic heterocycles. The van der Waals surface area contributed by atoms with Crippen LogP contribution in [0, 0.1) is 12.1 Å². The summed E-state index contributed by atoms with van der Waals surface area (Å²) in [4.78, 5) is 8.63. The SMILES string of the molecule is CCCCCCCCCCCCCCCC(CCCCCCCCC)CCCCC[C+]1N=CC=N1. The number of rotatable bonds is 28. The summed E-state index contributed by atoms with van der Waals surface area (Å²) >= 11 is 0. The molecule has 1 heterocycles. The lowest BCUT2D eigenvalue weighted by Crippen LogP contribution is -2.02. The van der Waals surface area contributed by atoms with E-state index in [-0.39, 0.29) is 0 Å². The molecule has 1 unspecified atom stereocenters. The lowest BCUT2D eigenvalue weighted by molar-refractivity contribution is 0.366. The van der Waals surface area contributed by atoms with Crippen molar-refractivity contribution in [1.82, 2.24) is 0 Å². The molecule has 0 radical (unpaired) electrons. The van der Waals surface area contributed by atoms with Crippen LogP contribution in [0.25, 0.3) is 0 Å². The third-order valence-electron chi connectivity index (χ3n) is 7.96. The van der Waals surface area contributed by atoms with Gasteiger partial charge in [0.25, 0.3) is 0 Å². The molecule has 1 atom stereocenters. The largest absolute Gasteiger partial charge is 0.240 e. The first-order chi connectivity index (χ1) is 17.4. The summed E-state index contributed by atoms with van der Waals surface area (Å²) in [6, 6.07) is 0. The average molecular weight is 488 g/mol. The van der Waals surface area contributed by atoms with Gasteiger partial charge >= 0.3 is 0 Å². The molecule has 0 saturated carbocycles. The number of hydrogen-bond donors (Lipinski definition) is 0. The van der Waals surface area contributed by atoms with E-state index in [1.165, 1.54) is 167 Å². The van der Waals surface area contributed by atoms with Gasteiger partial charge in [-0.1, -0.05) is 184 Å². The lowest BCUT2D eigenvalue weighted by atomic mass is 9.89. The van der Waals surface area contributed by atoms with E-state index in [0.717, 1.165) is 18.5 Å². The Morgan fingerprint density at radius 3 is 1.11 bits per heavy atom. The van der Waals surface area contributed by atoms with Gasteiger partial charge in [0.05, 0.1) is 6.42 Å². The van der Waals surface area contributed by atoms with Crippen LogP contribution in [0.3, 0.4) is 0 Å². The van der Waals surface area contributed by atoms with Gasteiger partial charge in [0.2, 0.25) is 6.17 Å². The van der Waals surface area contributed by atoms with Crippen molar-refractivity contribution < 1.29 is 0 Å². The normalized spacial score (nSPS) is 13.8. The highest BCUT2D eigenvalue weighted by Gasteiger charge is 2.15. The Balaban J connectivity index is 2.04. The minimum absolute atomic E-state index is 0.980. The molecule has 1 aliphatic rings. The van der Waals surface area contributed by atoms with E-state index in [9.17, 15) is 0 Å². The van der Waals surface area contributed by atoms with Crippen LogP contribution in [-0.4, -0.2) is 12.4 Å². The zero-order valence-corrected chi connectivity index (χ0v) is 24.2. The maximum atomic E-state index is 4.31. The molecule has 35 heavy (non-hydrogen) atoms. The highest BCUT2D eigenvalue weighted by molar-refractivity contribution is 6.18. The van der Waals surface area contributed by atoms with Crippen LogP contribution < -0.4 is 0 Å². The lowest BCUT2D eigenvalue weighted by Gasteiger charge is -2.17. The van der Waals surface area contributed by atoms with Crippen molar-refractivity contribution in [3.63, 3.8) is 0 Å². The first-order valence-electron chi connectivity index (χ1n) is 16.3. The van der Waals surface area contributed by atoms with Gasteiger partial charge in [-0.05, 0) is 12.3 Å². The summed E-state index contributed by atoms with van der Waals surface area (Å²) < 4.78 is 0. The fourth-order valence-corrected chi connectivity index (χ4v) is 5.57. The summed E-state index contributed by atoms with van der Waals surface area (Å²) in [5.74, 6) is 0.980. The van der Waals surface area contributed by atoms with Gasteiger partial charge in [-0.15, -0.1) is 0 Å². The molecule has 0 aromatic rings. The minimum Gasteiger partial charge on any atom is -0.0968 e. The average Bonchev–Trinajstić information content (AvgIpc) is 3.39. The molecular formula is C33H63N2+. The van der Waals surface area contributed by atoms with Crippen LogP contribution >= 0.6 is 0 Å². The zero-order valence-electron chi connectivity index (χ0n) is 24.2. The Morgan fingerprint density at radius 2 is 0.743 bits per heavy atom. The molecule has 0 saturated heterocycles. The Labute approximate surface area is 221 Å². The minimum atomic E-state index is 0.980. The molecule has 0 fully saturated rings. The molecule has 0 aromatic carbocycles. The predicted molar refractivity (Wildman–Crippen MR) is 160 cm³/mol. The second kappa shape index (κ2) is 26.3. The van der Waals surface area contributed by atoms with Crippen molar-refractivity contribution in [2.24, 2.45) is 15.9 Å². The van der Waals surface area contributed by atoms with Crippen LogP contribution in [0.2, 0.25) is 0 Å². The Kier molecular flexibility index (Phi) is 24.2. The first kappa shape index (κ1) is 32.2. The predicted octanol–water partition coefficient (Wildman–Crippen LogP) is 11.8. The number of aliphatic imine (C=N–C) groups is 2. The van der Waals surface area contributed by atoms with Crippen molar-refractivity contribution in [1.29, 1.82) is 0 Å². The number of nitrogens with zero attached hydrogens (tertiary/aromatic N) is 2. The summed E-state index contributed by atoms with van der Waals surface area (Å²) in [6.07, 6.45) is 43.3. The van der Waals surface area contributed by atoms with E-state index in [1.807, 2.05) is 12.4 Å². The van der Waals surface area contributed by atoms with Crippen LogP contribution in [0.4, 0.5) is 0 Å². The fourth-order valence-electron chi connectivity index (χ4n) is 5.57. The Morgan fingerprint density at radius 1 is 0.429 bits per heavy atom. The molecule has 204 valence electrons. The topological polar surface area (TPSA) is 24.7 Å². The molecule has 0 aliphatic carbocycles. The van der Waals surface area contributed by atoms with E-state index in [0.29, 0.717) is 0 Å². The molecule has 2 nitrogen and oxygen atoms in total. The van der Waals surface area contributed by atoms with Gasteiger partial charge in [0.1, 0.15) is 0 Å². The summed E-state index contributed by atoms with van der Waals surface area (Å²) in [5, 5.41) is 0. The zero-order chi connectivity index (χ0) is 25.1. The maximum absolute atomic E-state index is 4.31. The van der Waals surface area contributed by atoms with E-state index < -0.39 is 0 Å². The first-order valence-corrected chi connectivity index (χ1v) is 16.3. The van der Waals surface area contributed by atoms with Crippen molar-refractivity contribution in [2.75, 3.05) is 0 Å². The number of unbranched alkanes of at least 4 members (excludes halogenated alkanes) is 20. The molecule has 1 rings (SSSR count). The van der Waals surface area contributed by atoms with E-state index >= 15 is 0 Å². The second-order valence-corrected chi connectivity index (χ2v) is 11.4. The van der Waals surface area contributed by atoms with Gasteiger partial charge in [0, 0.05) is 0 Å². The summed E-state index contributed by atoms with van der Waals surface area (Å²) in [7, 11) is 0. The van der Waals surface area contributed by atoms with Crippen molar-refractivity contribution in [2.45, 2.75) is 187 Å². The smallest absolute Gasteiger partial charge is 0.0968 e. The Bertz CT molecular complexity index is 458. The molecule has 0 amide bonds. The van der Waals surface area contributed by atoms with Crippen LogP contribution in [0.1, 0.15) is 187 Å². The maximum Gasteiger partial charge on any atom is 0.240 e. The Hall–Kier alpha value is -0.790. The fraction of sp³-hybridized carbons (Fsp3) is 0.909. The summed E-state index contributed by atoms with van der Waals surface area (Å²) in [5.41, 5.74) is 0. The van der Waals surface area contributed by atoms with E-state index in [4.69, 9.17) is 0 Å². The van der Waals surface area contributed by atoms with Gasteiger partial charge in [-0.3, -0.25) is 0 Å². The molecular weight excluding hydrogens is 424 g/mol. The monoisotopic (exact) mass is 487 g/mol. The molecule has 2 heteroatoms. The highest BCUT2D eigenvalue weighted by Crippen LogP contribution is 2.25. The third-order valence-corrected chi connectivity index (χ3v) is 7.96. The highest BCUT2D eigenvalue weighted by atomic mass is 15.0. The standard InChI is InChI=1S/C33H63N2/c1-3-5-7-9-11-12-13-14-15-16-18-20-23-27-32(26-22-19-17-10-8-6-4-2)28-24-21-25-29-33-34-30-31-35-33/h30-32H,3-29H2,1-2H3/q+1. The van der Waals surface area contributed by atoms with Gasteiger partial charge in [0.15, 0.2) is 12.4 Å². The van der Waals surface area contributed by atoms with E-state index in [1.54, 1.807) is 0 Å². The van der Waals surface area contributed by atoms with Gasteiger partial charge < -0.3 is 0 Å².